The van der Waals surface area contributed by atoms with E-state index < -0.39 is 7.92 Å². The maximum Gasteiger partial charge on any atom is 0.131 e. The molecule has 0 aliphatic rings. The molecule has 0 saturated carbocycles. The quantitative estimate of drug-likeness (QED) is 0.0950. The minimum absolute atomic E-state index is 0.122. The Morgan fingerprint density at radius 2 is 0.773 bits per heavy atom. The van der Waals surface area contributed by atoms with E-state index in [4.69, 9.17) is 0 Å². The van der Waals surface area contributed by atoms with E-state index in [1.165, 1.54) is 55.4 Å². The molecule has 6 rings (SSSR count). The largest absolute Gasteiger partial charge is 0.507 e. The predicted octanol–water partition coefficient (Wildman–Crippen LogP) is 18.2. The van der Waals surface area contributed by atoms with E-state index in [-0.39, 0.29) is 31.6 Å². The molecule has 2 N–H and O–H groups in total. The number of aryl methyl sites for hydroxylation is 2. The summed E-state index contributed by atoms with van der Waals surface area (Å²) < 4.78 is 0. The summed E-state index contributed by atoms with van der Waals surface area (Å²) in [6.45, 7) is 39.0. The van der Waals surface area contributed by atoms with Gasteiger partial charge < -0.3 is 10.2 Å². The van der Waals surface area contributed by atoms with E-state index in [9.17, 15) is 10.2 Å². The van der Waals surface area contributed by atoms with Crippen LogP contribution in [0.4, 0.5) is 0 Å². The Kier molecular flexibility index (Phi) is 16.6. The molecule has 0 aliphatic heterocycles. The lowest BCUT2D eigenvalue weighted by atomic mass is 9.80. The van der Waals surface area contributed by atoms with E-state index >= 15 is 0 Å². The standard InChI is InChI=1S/C62H80O2P2/c1-36(2)46-32-48(38(5)6)58(49(33-46)39(7)8)56-27-42(13)25-52(60(56)63)54-30-45(29-44-21-19-18-20-22-44)31-55(62(54)66(17)24-23-65(15)16)53-26-43(14)28-57(61(53)64)59-50(40(9)10)34-47(37(3)4)35-51(59)41(11)12/h18-22,25-28,30-41,63-64H,23-24,29H2,1-17H3. The van der Waals surface area contributed by atoms with E-state index in [1.807, 2.05) is 0 Å². The molecular formula is C62H80O2P2. The van der Waals surface area contributed by atoms with Crippen LogP contribution in [0, 0.1) is 13.8 Å². The van der Waals surface area contributed by atoms with Crippen molar-refractivity contribution < 1.29 is 10.2 Å². The minimum Gasteiger partial charge on any atom is -0.507 e. The number of hydrogen-bond donors (Lipinski definition) is 2. The highest BCUT2D eigenvalue weighted by Crippen LogP contribution is 2.52. The Morgan fingerprint density at radius 3 is 1.11 bits per heavy atom. The summed E-state index contributed by atoms with van der Waals surface area (Å²) in [6.07, 6.45) is 2.96. The van der Waals surface area contributed by atoms with E-state index in [0.29, 0.717) is 23.3 Å². The van der Waals surface area contributed by atoms with Gasteiger partial charge in [0.15, 0.2) is 0 Å². The number of phenols is 2. The summed E-state index contributed by atoms with van der Waals surface area (Å²) in [7, 11) is -0.858. The Bertz CT molecular complexity index is 2450. The van der Waals surface area contributed by atoms with Crippen LogP contribution in [0.1, 0.15) is 174 Å². The highest BCUT2D eigenvalue weighted by atomic mass is 31.1. The van der Waals surface area contributed by atoms with Gasteiger partial charge in [0.05, 0.1) is 0 Å². The summed E-state index contributed by atoms with van der Waals surface area (Å²) in [5.74, 6) is 2.54. The van der Waals surface area contributed by atoms with Crippen molar-refractivity contribution in [2.45, 2.75) is 139 Å². The fraction of sp³-hybridized carbons (Fsp3) is 0.419. The van der Waals surface area contributed by atoms with Gasteiger partial charge in [0.1, 0.15) is 11.5 Å². The maximum atomic E-state index is 13.2. The van der Waals surface area contributed by atoms with Crippen LogP contribution in [0.25, 0.3) is 44.5 Å². The fourth-order valence-electron chi connectivity index (χ4n) is 9.79. The van der Waals surface area contributed by atoms with Crippen LogP contribution in [-0.2, 0) is 6.42 Å². The summed E-state index contributed by atoms with van der Waals surface area (Å²) >= 11 is 0. The van der Waals surface area contributed by atoms with Crippen molar-refractivity contribution in [2.24, 2.45) is 0 Å². The van der Waals surface area contributed by atoms with Crippen LogP contribution in [0.5, 0.6) is 11.5 Å². The molecule has 1 unspecified atom stereocenters. The Hall–Kier alpha value is -4.22. The molecule has 0 fully saturated rings. The lowest BCUT2D eigenvalue weighted by Crippen LogP contribution is -2.14. The smallest absolute Gasteiger partial charge is 0.131 e. The van der Waals surface area contributed by atoms with Gasteiger partial charge >= 0.3 is 0 Å². The molecule has 0 bridgehead atoms. The molecule has 0 spiro atoms. The minimum atomic E-state index is -0.736. The number of benzene rings is 6. The Morgan fingerprint density at radius 1 is 0.409 bits per heavy atom. The van der Waals surface area contributed by atoms with Gasteiger partial charge in [-0.05, 0) is 208 Å². The van der Waals surface area contributed by atoms with Crippen LogP contribution in [0.15, 0.2) is 91.0 Å². The molecule has 6 aromatic carbocycles. The van der Waals surface area contributed by atoms with Gasteiger partial charge in [0.25, 0.3) is 0 Å². The molecule has 1 atom stereocenters. The van der Waals surface area contributed by atoms with Crippen LogP contribution >= 0.6 is 15.8 Å². The topological polar surface area (TPSA) is 40.5 Å². The van der Waals surface area contributed by atoms with Gasteiger partial charge in [-0.2, -0.15) is 0 Å². The zero-order valence-corrected chi connectivity index (χ0v) is 45.3. The van der Waals surface area contributed by atoms with Gasteiger partial charge in [0.2, 0.25) is 0 Å². The second-order valence-corrected chi connectivity index (χ2v) is 26.3. The SMILES string of the molecule is Cc1cc(-c2cc(Cc3ccccc3)cc(-c3cc(C)cc(-c4c(C(C)C)cc(C(C)C)cc4C(C)C)c3O)c2P(C)CCP(C)C)c(O)c(-c2c(C(C)C)cc(C(C)C)cc2C(C)C)c1. The molecule has 6 aromatic rings. The molecule has 0 heterocycles. The first-order valence-electron chi connectivity index (χ1n) is 24.7. The van der Waals surface area contributed by atoms with Crippen molar-refractivity contribution in [2.75, 3.05) is 32.3 Å². The van der Waals surface area contributed by atoms with Crippen molar-refractivity contribution in [3.63, 3.8) is 0 Å². The van der Waals surface area contributed by atoms with Gasteiger partial charge in [0, 0.05) is 22.3 Å². The molecule has 2 nitrogen and oxygen atoms in total. The van der Waals surface area contributed by atoms with Crippen molar-refractivity contribution in [3.8, 4) is 56.0 Å². The summed E-state index contributed by atoms with van der Waals surface area (Å²) in [4.78, 5) is 0. The number of rotatable bonds is 16. The zero-order valence-electron chi connectivity index (χ0n) is 43.5. The average molecular weight is 919 g/mol. The normalized spacial score (nSPS) is 12.6. The van der Waals surface area contributed by atoms with Crippen LogP contribution in [-0.4, -0.2) is 42.5 Å². The molecule has 4 heteroatoms. The molecule has 0 saturated heterocycles. The monoisotopic (exact) mass is 919 g/mol. The Balaban J connectivity index is 1.78. The summed E-state index contributed by atoms with van der Waals surface area (Å²) in [5.41, 5.74) is 20.5. The highest BCUT2D eigenvalue weighted by molar-refractivity contribution is 7.67. The first-order chi connectivity index (χ1) is 31.1. The maximum absolute atomic E-state index is 13.2. The molecule has 0 aromatic heterocycles. The zero-order chi connectivity index (χ0) is 48.5. The lowest BCUT2D eigenvalue weighted by molar-refractivity contribution is 0.478. The first kappa shape index (κ1) is 51.2. The van der Waals surface area contributed by atoms with E-state index in [1.54, 1.807) is 0 Å². The number of aromatic hydroxyl groups is 2. The van der Waals surface area contributed by atoms with Crippen LogP contribution in [0.2, 0.25) is 0 Å². The van der Waals surface area contributed by atoms with Crippen LogP contribution in [0.3, 0.4) is 0 Å². The molecular weight excluding hydrogens is 839 g/mol. The number of hydrogen-bond acceptors (Lipinski definition) is 2. The third-order valence-corrected chi connectivity index (χ3v) is 17.2. The highest BCUT2D eigenvalue weighted by Gasteiger charge is 2.29. The van der Waals surface area contributed by atoms with Gasteiger partial charge in [-0.3, -0.25) is 0 Å². The van der Waals surface area contributed by atoms with E-state index in [2.05, 4.69) is 208 Å². The molecule has 66 heavy (non-hydrogen) atoms. The molecule has 0 amide bonds. The second kappa shape index (κ2) is 21.4. The van der Waals surface area contributed by atoms with Crippen molar-refractivity contribution in [3.05, 3.63) is 147 Å². The van der Waals surface area contributed by atoms with Gasteiger partial charge in [-0.1, -0.05) is 146 Å². The number of phenolic OH excluding ortho intramolecular Hbond substituents is 2. The lowest BCUT2D eigenvalue weighted by Gasteiger charge is -2.28. The average Bonchev–Trinajstić information content (AvgIpc) is 3.25. The van der Waals surface area contributed by atoms with Crippen molar-refractivity contribution in [1.29, 1.82) is 0 Å². The van der Waals surface area contributed by atoms with E-state index in [0.717, 1.165) is 68.8 Å². The summed E-state index contributed by atoms with van der Waals surface area (Å²) in [6, 6.07) is 33.9. The molecule has 0 aliphatic carbocycles. The first-order valence-corrected chi connectivity index (χ1v) is 29.1. The van der Waals surface area contributed by atoms with Crippen molar-refractivity contribution in [1.82, 2.24) is 0 Å². The second-order valence-electron chi connectivity index (χ2n) is 21.4. The Labute approximate surface area is 403 Å². The summed E-state index contributed by atoms with van der Waals surface area (Å²) in [5, 5.41) is 27.6. The fourth-order valence-corrected chi connectivity index (χ4v) is 14.0. The third kappa shape index (κ3) is 11.0. The van der Waals surface area contributed by atoms with Crippen molar-refractivity contribution >= 4 is 21.1 Å². The van der Waals surface area contributed by atoms with Gasteiger partial charge in [-0.15, -0.1) is 7.92 Å². The predicted molar refractivity (Wildman–Crippen MR) is 296 cm³/mol. The third-order valence-electron chi connectivity index (χ3n) is 13.6. The molecule has 350 valence electrons. The van der Waals surface area contributed by atoms with Crippen LogP contribution < -0.4 is 5.30 Å². The van der Waals surface area contributed by atoms with Gasteiger partial charge in [-0.25, -0.2) is 0 Å². The molecule has 0 radical (unpaired) electrons.